The van der Waals surface area contributed by atoms with Gasteiger partial charge in [0.25, 0.3) is 0 Å². The SMILES string of the molecule is CCc1ccccc1C=Cc1cccc(CCCN)c1. The maximum Gasteiger partial charge on any atom is -0.00741 e. The zero-order valence-electron chi connectivity index (χ0n) is 12.2. The van der Waals surface area contributed by atoms with Crippen LogP contribution in [0.5, 0.6) is 0 Å². The third-order valence-electron chi connectivity index (χ3n) is 3.51. The molecule has 0 radical (unpaired) electrons. The summed E-state index contributed by atoms with van der Waals surface area (Å²) in [6, 6.07) is 17.3. The molecular formula is C19H23N. The van der Waals surface area contributed by atoms with Crippen molar-refractivity contribution in [2.45, 2.75) is 26.2 Å². The Bertz CT molecular complexity index is 569. The van der Waals surface area contributed by atoms with Gasteiger partial charge in [-0.05, 0) is 48.1 Å². The first-order valence-corrected chi connectivity index (χ1v) is 7.38. The third-order valence-corrected chi connectivity index (χ3v) is 3.51. The number of nitrogens with two attached hydrogens (primary N) is 1. The number of benzene rings is 2. The van der Waals surface area contributed by atoms with E-state index in [0.29, 0.717) is 0 Å². The summed E-state index contributed by atoms with van der Waals surface area (Å²) in [5, 5.41) is 0. The van der Waals surface area contributed by atoms with Gasteiger partial charge in [0.05, 0.1) is 0 Å². The maximum atomic E-state index is 5.57. The molecule has 20 heavy (non-hydrogen) atoms. The van der Waals surface area contributed by atoms with Gasteiger partial charge in [0.15, 0.2) is 0 Å². The topological polar surface area (TPSA) is 26.0 Å². The fourth-order valence-corrected chi connectivity index (χ4v) is 2.36. The summed E-state index contributed by atoms with van der Waals surface area (Å²) >= 11 is 0. The molecule has 0 fully saturated rings. The lowest BCUT2D eigenvalue weighted by molar-refractivity contribution is 0.832. The van der Waals surface area contributed by atoms with Gasteiger partial charge >= 0.3 is 0 Å². The lowest BCUT2D eigenvalue weighted by atomic mass is 10.0. The Morgan fingerprint density at radius 1 is 1.00 bits per heavy atom. The summed E-state index contributed by atoms with van der Waals surface area (Å²) in [5.74, 6) is 0. The molecule has 0 aromatic heterocycles. The highest BCUT2D eigenvalue weighted by molar-refractivity contribution is 5.71. The van der Waals surface area contributed by atoms with Crippen LogP contribution in [0.3, 0.4) is 0 Å². The largest absolute Gasteiger partial charge is 0.330 e. The van der Waals surface area contributed by atoms with Crippen LogP contribution in [0, 0.1) is 0 Å². The minimum absolute atomic E-state index is 0.754. The van der Waals surface area contributed by atoms with Gasteiger partial charge < -0.3 is 5.73 Å². The lowest BCUT2D eigenvalue weighted by Gasteiger charge is -2.03. The molecule has 0 unspecified atom stereocenters. The summed E-state index contributed by atoms with van der Waals surface area (Å²) in [7, 11) is 0. The molecule has 1 nitrogen and oxygen atoms in total. The Kier molecular flexibility index (Phi) is 5.57. The molecule has 0 heterocycles. The lowest BCUT2D eigenvalue weighted by Crippen LogP contribution is -2.00. The van der Waals surface area contributed by atoms with E-state index in [0.717, 1.165) is 25.8 Å². The van der Waals surface area contributed by atoms with Crippen LogP contribution in [0.15, 0.2) is 48.5 Å². The predicted molar refractivity (Wildman–Crippen MR) is 88.6 cm³/mol. The molecule has 0 saturated carbocycles. The van der Waals surface area contributed by atoms with Crippen LogP contribution in [0.2, 0.25) is 0 Å². The van der Waals surface area contributed by atoms with Crippen molar-refractivity contribution in [3.8, 4) is 0 Å². The molecule has 0 atom stereocenters. The minimum atomic E-state index is 0.754. The fourth-order valence-electron chi connectivity index (χ4n) is 2.36. The van der Waals surface area contributed by atoms with Crippen LogP contribution >= 0.6 is 0 Å². The van der Waals surface area contributed by atoms with Crippen LogP contribution in [-0.2, 0) is 12.8 Å². The molecule has 0 amide bonds. The fraction of sp³-hybridized carbons (Fsp3) is 0.263. The summed E-state index contributed by atoms with van der Waals surface area (Å²) in [4.78, 5) is 0. The van der Waals surface area contributed by atoms with Crippen molar-refractivity contribution in [2.75, 3.05) is 6.54 Å². The van der Waals surface area contributed by atoms with Gasteiger partial charge in [-0.15, -0.1) is 0 Å². The number of rotatable bonds is 6. The Morgan fingerprint density at radius 2 is 1.85 bits per heavy atom. The summed E-state index contributed by atoms with van der Waals surface area (Å²) in [6.45, 7) is 2.95. The first-order valence-electron chi connectivity index (χ1n) is 7.38. The van der Waals surface area contributed by atoms with Crippen LogP contribution in [-0.4, -0.2) is 6.54 Å². The van der Waals surface area contributed by atoms with Crippen molar-refractivity contribution in [3.05, 3.63) is 70.8 Å². The summed E-state index contributed by atoms with van der Waals surface area (Å²) in [6.07, 6.45) is 7.58. The predicted octanol–water partition coefficient (Wildman–Crippen LogP) is 4.31. The van der Waals surface area contributed by atoms with Gasteiger partial charge in [-0.3, -0.25) is 0 Å². The Labute approximate surface area is 122 Å². The monoisotopic (exact) mass is 265 g/mol. The van der Waals surface area contributed by atoms with Gasteiger partial charge in [-0.1, -0.05) is 67.6 Å². The molecule has 2 aromatic rings. The zero-order valence-corrected chi connectivity index (χ0v) is 12.2. The van der Waals surface area contributed by atoms with E-state index < -0.39 is 0 Å². The number of aryl methyl sites for hydroxylation is 2. The molecule has 0 aliphatic heterocycles. The number of hydrogen-bond donors (Lipinski definition) is 1. The Morgan fingerprint density at radius 3 is 2.65 bits per heavy atom. The minimum Gasteiger partial charge on any atom is -0.330 e. The smallest absolute Gasteiger partial charge is 0.00741 e. The molecule has 1 heteroatoms. The van der Waals surface area contributed by atoms with Crippen LogP contribution < -0.4 is 5.73 Å². The second-order valence-corrected chi connectivity index (χ2v) is 5.02. The molecule has 0 spiro atoms. The second-order valence-electron chi connectivity index (χ2n) is 5.02. The molecule has 2 rings (SSSR count). The van der Waals surface area contributed by atoms with Crippen molar-refractivity contribution >= 4 is 12.2 Å². The Balaban J connectivity index is 2.14. The highest BCUT2D eigenvalue weighted by atomic mass is 14.5. The van der Waals surface area contributed by atoms with Crippen molar-refractivity contribution < 1.29 is 0 Å². The molecule has 0 aliphatic rings. The van der Waals surface area contributed by atoms with E-state index in [1.54, 1.807) is 0 Å². The molecule has 0 saturated heterocycles. The highest BCUT2D eigenvalue weighted by Gasteiger charge is 1.96. The third kappa shape index (κ3) is 4.07. The molecule has 0 bridgehead atoms. The quantitative estimate of drug-likeness (QED) is 0.774. The highest BCUT2D eigenvalue weighted by Crippen LogP contribution is 2.15. The van der Waals surface area contributed by atoms with Gasteiger partial charge in [-0.2, -0.15) is 0 Å². The first-order chi connectivity index (χ1) is 9.83. The average Bonchev–Trinajstić information content (AvgIpc) is 2.51. The molecule has 104 valence electrons. The van der Waals surface area contributed by atoms with E-state index in [2.05, 4.69) is 67.6 Å². The maximum absolute atomic E-state index is 5.57. The second kappa shape index (κ2) is 7.66. The van der Waals surface area contributed by atoms with E-state index in [1.807, 2.05) is 0 Å². The summed E-state index contributed by atoms with van der Waals surface area (Å²) < 4.78 is 0. The van der Waals surface area contributed by atoms with Crippen molar-refractivity contribution in [2.24, 2.45) is 5.73 Å². The molecule has 0 aliphatic carbocycles. The van der Waals surface area contributed by atoms with E-state index >= 15 is 0 Å². The van der Waals surface area contributed by atoms with Crippen molar-refractivity contribution in [1.82, 2.24) is 0 Å². The first kappa shape index (κ1) is 14.5. The van der Waals surface area contributed by atoms with E-state index in [1.165, 1.54) is 22.3 Å². The molecule has 2 aromatic carbocycles. The van der Waals surface area contributed by atoms with Gasteiger partial charge in [-0.25, -0.2) is 0 Å². The van der Waals surface area contributed by atoms with Crippen LogP contribution in [0.25, 0.3) is 12.2 Å². The summed E-state index contributed by atoms with van der Waals surface area (Å²) in [5.41, 5.74) is 10.9. The number of hydrogen-bond acceptors (Lipinski definition) is 1. The average molecular weight is 265 g/mol. The molecular weight excluding hydrogens is 242 g/mol. The van der Waals surface area contributed by atoms with E-state index in [-0.39, 0.29) is 0 Å². The molecule has 2 N–H and O–H groups in total. The Hall–Kier alpha value is -1.86. The van der Waals surface area contributed by atoms with E-state index in [4.69, 9.17) is 5.73 Å². The van der Waals surface area contributed by atoms with Crippen LogP contribution in [0.4, 0.5) is 0 Å². The van der Waals surface area contributed by atoms with Gasteiger partial charge in [0.1, 0.15) is 0 Å². The standard InChI is InChI=1S/C19H23N/c1-2-18-10-3-4-11-19(18)13-12-17-8-5-7-16(15-17)9-6-14-20/h3-5,7-8,10-13,15H,2,6,9,14,20H2,1H3. The normalized spacial score (nSPS) is 11.1. The van der Waals surface area contributed by atoms with Crippen LogP contribution in [0.1, 0.15) is 35.6 Å². The van der Waals surface area contributed by atoms with Crippen molar-refractivity contribution in [3.63, 3.8) is 0 Å². The van der Waals surface area contributed by atoms with Gasteiger partial charge in [0.2, 0.25) is 0 Å². The van der Waals surface area contributed by atoms with Crippen molar-refractivity contribution in [1.29, 1.82) is 0 Å². The van der Waals surface area contributed by atoms with Gasteiger partial charge in [0, 0.05) is 0 Å². The zero-order chi connectivity index (χ0) is 14.2. The van der Waals surface area contributed by atoms with E-state index in [9.17, 15) is 0 Å².